The Morgan fingerprint density at radius 1 is 1.00 bits per heavy atom. The maximum Gasteiger partial charge on any atom is 0.310 e. The molecular formula is C33H43NO6S. The van der Waals surface area contributed by atoms with Crippen LogP contribution in [-0.4, -0.2) is 53.7 Å². The van der Waals surface area contributed by atoms with Crippen LogP contribution in [0.3, 0.4) is 0 Å². The molecule has 0 radical (unpaired) electrons. The van der Waals surface area contributed by atoms with Crippen molar-refractivity contribution in [3.8, 4) is 5.75 Å². The van der Waals surface area contributed by atoms with E-state index in [9.17, 15) is 13.2 Å². The third-order valence-electron chi connectivity index (χ3n) is 6.66. The van der Waals surface area contributed by atoms with Crippen LogP contribution in [-0.2, 0) is 24.1 Å². The van der Waals surface area contributed by atoms with E-state index < -0.39 is 15.8 Å². The Labute approximate surface area is 245 Å². The van der Waals surface area contributed by atoms with Crippen molar-refractivity contribution in [1.82, 2.24) is 0 Å². The number of hydrogen-bond donors (Lipinski definition) is 0. The molecule has 0 atom stereocenters. The Balaban J connectivity index is 0.000000446. The highest BCUT2D eigenvalue weighted by molar-refractivity contribution is 7.92. The van der Waals surface area contributed by atoms with Crippen LogP contribution in [0.2, 0.25) is 0 Å². The Morgan fingerprint density at radius 2 is 1.66 bits per heavy atom. The molecule has 0 saturated carbocycles. The SMILES string of the molecule is CCOC(=O)C/C(C(CS(=O)(=O)c1ccccc1)=NC)=C(/C)c1ccc(OC)cc1.COC1=CCC(C)(C)C=CC1. The summed E-state index contributed by atoms with van der Waals surface area (Å²) in [5.41, 5.74) is 2.78. The maximum absolute atomic E-state index is 12.9. The van der Waals surface area contributed by atoms with Gasteiger partial charge >= 0.3 is 5.97 Å². The number of benzene rings is 2. The molecule has 2 aromatic rings. The van der Waals surface area contributed by atoms with Gasteiger partial charge in [0.2, 0.25) is 0 Å². The Hall–Kier alpha value is -3.65. The van der Waals surface area contributed by atoms with E-state index in [1.807, 2.05) is 31.2 Å². The van der Waals surface area contributed by atoms with Crippen LogP contribution in [0.15, 0.2) is 94.0 Å². The van der Waals surface area contributed by atoms with Crippen molar-refractivity contribution in [2.75, 3.05) is 33.6 Å². The lowest BCUT2D eigenvalue weighted by molar-refractivity contribution is -0.142. The highest BCUT2D eigenvalue weighted by atomic mass is 32.2. The summed E-state index contributed by atoms with van der Waals surface area (Å²) in [6, 6.07) is 15.5. The van der Waals surface area contributed by atoms with Crippen molar-refractivity contribution < 1.29 is 27.4 Å². The van der Waals surface area contributed by atoms with Crippen LogP contribution >= 0.6 is 0 Å². The summed E-state index contributed by atoms with van der Waals surface area (Å²) in [5.74, 6) is 1.05. The fourth-order valence-electron chi connectivity index (χ4n) is 4.19. The first-order chi connectivity index (χ1) is 19.5. The third kappa shape index (κ3) is 10.7. The molecular weight excluding hydrogens is 538 g/mol. The summed E-state index contributed by atoms with van der Waals surface area (Å²) in [4.78, 5) is 16.7. The maximum atomic E-state index is 12.9. The molecule has 1 aliphatic rings. The topological polar surface area (TPSA) is 91.3 Å². The van der Waals surface area contributed by atoms with Crippen molar-refractivity contribution >= 4 is 27.1 Å². The number of nitrogens with zero attached hydrogens (tertiary/aromatic N) is 1. The summed E-state index contributed by atoms with van der Waals surface area (Å²) in [7, 11) is 1.22. The van der Waals surface area contributed by atoms with Crippen molar-refractivity contribution in [2.45, 2.75) is 51.9 Å². The molecule has 222 valence electrons. The van der Waals surface area contributed by atoms with E-state index in [-0.39, 0.29) is 23.7 Å². The van der Waals surface area contributed by atoms with Gasteiger partial charge in [-0.25, -0.2) is 8.42 Å². The number of esters is 1. The Kier molecular flexibility index (Phi) is 13.1. The first kappa shape index (κ1) is 33.6. The van der Waals surface area contributed by atoms with Crippen molar-refractivity contribution in [2.24, 2.45) is 10.4 Å². The van der Waals surface area contributed by atoms with Crippen LogP contribution in [0.5, 0.6) is 5.75 Å². The fraction of sp³-hybridized carbons (Fsp3) is 0.394. The molecule has 7 nitrogen and oxygen atoms in total. The number of hydrogen-bond acceptors (Lipinski definition) is 7. The monoisotopic (exact) mass is 581 g/mol. The second kappa shape index (κ2) is 16.0. The molecule has 8 heteroatoms. The lowest BCUT2D eigenvalue weighted by Gasteiger charge is -2.16. The van der Waals surface area contributed by atoms with Gasteiger partial charge in [0.25, 0.3) is 0 Å². The number of carbonyl (C=O) groups is 1. The van der Waals surface area contributed by atoms with E-state index in [0.29, 0.717) is 22.4 Å². The van der Waals surface area contributed by atoms with Gasteiger partial charge in [-0.05, 0) is 72.7 Å². The molecule has 0 amide bonds. The molecule has 2 aromatic carbocycles. The van der Waals surface area contributed by atoms with Crippen molar-refractivity contribution in [3.63, 3.8) is 0 Å². The van der Waals surface area contributed by atoms with Crippen LogP contribution in [0.1, 0.15) is 52.5 Å². The average molecular weight is 582 g/mol. The second-order valence-corrected chi connectivity index (χ2v) is 12.2. The molecule has 0 unspecified atom stereocenters. The Bertz CT molecular complexity index is 1370. The van der Waals surface area contributed by atoms with Gasteiger partial charge in [-0.15, -0.1) is 0 Å². The molecule has 3 rings (SSSR count). The summed E-state index contributed by atoms with van der Waals surface area (Å²) in [6.45, 7) is 8.29. The van der Waals surface area contributed by atoms with Gasteiger partial charge in [-0.3, -0.25) is 9.79 Å². The van der Waals surface area contributed by atoms with E-state index in [4.69, 9.17) is 14.2 Å². The third-order valence-corrected chi connectivity index (χ3v) is 8.30. The molecule has 0 aromatic heterocycles. The minimum atomic E-state index is -3.63. The number of allylic oxidation sites excluding steroid dienone is 4. The number of rotatable bonds is 10. The normalized spacial score (nSPS) is 15.4. The molecule has 41 heavy (non-hydrogen) atoms. The molecule has 0 spiro atoms. The molecule has 1 aliphatic carbocycles. The van der Waals surface area contributed by atoms with Gasteiger partial charge in [0.1, 0.15) is 5.75 Å². The zero-order chi connectivity index (χ0) is 30.5. The molecule has 0 aliphatic heterocycles. The molecule has 0 heterocycles. The van der Waals surface area contributed by atoms with Gasteiger partial charge in [-0.1, -0.05) is 56.3 Å². The van der Waals surface area contributed by atoms with Crippen molar-refractivity contribution in [3.05, 3.63) is 89.7 Å². The predicted octanol–water partition coefficient (Wildman–Crippen LogP) is 6.86. The summed E-state index contributed by atoms with van der Waals surface area (Å²) in [6.07, 6.45) is 8.58. The number of ether oxygens (including phenoxy) is 3. The fourth-order valence-corrected chi connectivity index (χ4v) is 5.59. The molecule has 0 saturated heterocycles. The molecule has 0 bridgehead atoms. The minimum absolute atomic E-state index is 0.0668. The predicted molar refractivity (Wildman–Crippen MR) is 166 cm³/mol. The van der Waals surface area contributed by atoms with Gasteiger partial charge in [-0.2, -0.15) is 0 Å². The number of methoxy groups -OCH3 is 2. The van der Waals surface area contributed by atoms with Crippen LogP contribution in [0.25, 0.3) is 5.57 Å². The minimum Gasteiger partial charge on any atom is -0.501 e. The lowest BCUT2D eigenvalue weighted by atomic mass is 9.90. The standard InChI is InChI=1S/C23H27NO5S.C10H16O/c1-5-29-23(25)15-21(17(2)18-11-13-19(28-4)14-12-18)22(24-3)16-30(26,27)20-9-7-6-8-10-20;1-10(2)7-4-5-9(11-3)6-8-10/h6-14H,5,15-16H2,1-4H3;4,6-7H,5,8H2,1-3H3/b21-17+,24-22?;. The first-order valence-corrected chi connectivity index (χ1v) is 15.3. The quantitative estimate of drug-likeness (QED) is 0.173. The van der Waals surface area contributed by atoms with Crippen molar-refractivity contribution in [1.29, 1.82) is 0 Å². The molecule has 0 fully saturated rings. The zero-order valence-corrected chi connectivity index (χ0v) is 26.1. The highest BCUT2D eigenvalue weighted by Gasteiger charge is 2.23. The summed E-state index contributed by atoms with van der Waals surface area (Å²) < 4.78 is 41.3. The van der Waals surface area contributed by atoms with Gasteiger partial charge in [0.05, 0.1) is 49.4 Å². The van der Waals surface area contributed by atoms with E-state index in [2.05, 4.69) is 37.1 Å². The zero-order valence-electron chi connectivity index (χ0n) is 25.3. The van der Waals surface area contributed by atoms with Gasteiger partial charge in [0.15, 0.2) is 9.84 Å². The van der Waals surface area contributed by atoms with Crippen LogP contribution in [0.4, 0.5) is 0 Å². The second-order valence-electron chi connectivity index (χ2n) is 10.2. The first-order valence-electron chi connectivity index (χ1n) is 13.6. The summed E-state index contributed by atoms with van der Waals surface area (Å²) >= 11 is 0. The Morgan fingerprint density at radius 3 is 2.22 bits per heavy atom. The van der Waals surface area contributed by atoms with Gasteiger partial charge in [0, 0.05) is 13.5 Å². The van der Waals surface area contributed by atoms with E-state index in [1.54, 1.807) is 51.5 Å². The number of sulfone groups is 1. The average Bonchev–Trinajstić information content (AvgIpc) is 3.15. The van der Waals surface area contributed by atoms with E-state index >= 15 is 0 Å². The van der Waals surface area contributed by atoms with E-state index in [1.165, 1.54) is 7.05 Å². The number of aliphatic imine (C=N–C) groups is 1. The lowest BCUT2D eigenvalue weighted by Crippen LogP contribution is -2.21. The summed E-state index contributed by atoms with van der Waals surface area (Å²) in [5, 5.41) is 0. The highest BCUT2D eigenvalue weighted by Crippen LogP contribution is 2.28. The molecule has 0 N–H and O–H groups in total. The van der Waals surface area contributed by atoms with Crippen LogP contribution < -0.4 is 4.74 Å². The number of carbonyl (C=O) groups excluding carboxylic acids is 1. The smallest absolute Gasteiger partial charge is 0.310 e. The van der Waals surface area contributed by atoms with Crippen LogP contribution in [0, 0.1) is 5.41 Å². The largest absolute Gasteiger partial charge is 0.501 e. The van der Waals surface area contributed by atoms with Gasteiger partial charge < -0.3 is 14.2 Å². The van der Waals surface area contributed by atoms with E-state index in [0.717, 1.165) is 29.7 Å².